The first kappa shape index (κ1) is 21.8. The third-order valence-electron chi connectivity index (χ3n) is 11.8. The summed E-state index contributed by atoms with van der Waals surface area (Å²) < 4.78 is 7.02. The largest absolute Gasteiger partial charge is 0.369 e. The maximum atomic E-state index is 11.2. The summed E-state index contributed by atoms with van der Waals surface area (Å²) in [4.78, 5) is 11.2. The summed E-state index contributed by atoms with van der Waals surface area (Å²) in [5, 5.41) is 7.31. The van der Waals surface area contributed by atoms with E-state index in [2.05, 4.69) is 38.2 Å². The molecule has 3 saturated carbocycles. The Hall–Kier alpha value is -0.740. The van der Waals surface area contributed by atoms with Crippen LogP contribution in [0.3, 0.4) is 0 Å². The highest BCUT2D eigenvalue weighted by Crippen LogP contribution is 2.65. The number of nitrogens with zero attached hydrogens (tertiary/aromatic N) is 1. The summed E-state index contributed by atoms with van der Waals surface area (Å²) in [5.74, 6) is 4.50. The van der Waals surface area contributed by atoms with Crippen molar-refractivity contribution in [1.29, 1.82) is 0 Å². The second kappa shape index (κ2) is 7.63. The van der Waals surface area contributed by atoms with Crippen LogP contribution >= 0.6 is 0 Å². The Balaban J connectivity index is 1.26. The second-order valence-electron chi connectivity index (χ2n) is 13.2. The molecule has 4 nitrogen and oxygen atoms in total. The molecule has 1 spiro atoms. The van der Waals surface area contributed by atoms with Gasteiger partial charge in [0.05, 0.1) is 17.7 Å². The lowest BCUT2D eigenvalue weighted by Crippen LogP contribution is -2.48. The highest BCUT2D eigenvalue weighted by Gasteiger charge is 2.59. The summed E-state index contributed by atoms with van der Waals surface area (Å²) in [6.45, 7) is 11.0. The molecule has 32 heavy (non-hydrogen) atoms. The van der Waals surface area contributed by atoms with Gasteiger partial charge in [-0.05, 0) is 113 Å². The highest BCUT2D eigenvalue weighted by molar-refractivity contribution is 5.29. The van der Waals surface area contributed by atoms with E-state index in [1.165, 1.54) is 44.9 Å². The minimum absolute atomic E-state index is 0.0537. The minimum Gasteiger partial charge on any atom is -0.369 e. The first-order valence-electron chi connectivity index (χ1n) is 13.8. The van der Waals surface area contributed by atoms with Gasteiger partial charge < -0.3 is 10.1 Å². The lowest BCUT2D eigenvalue weighted by Gasteiger charge is -2.53. The van der Waals surface area contributed by atoms with Crippen LogP contribution in [0.25, 0.3) is 0 Å². The molecule has 1 unspecified atom stereocenters. The number of ether oxygens (including phenoxy) is 1. The van der Waals surface area contributed by atoms with Gasteiger partial charge in [0.1, 0.15) is 0 Å². The van der Waals surface area contributed by atoms with Gasteiger partial charge in [0.15, 0.2) is 0 Å². The Labute approximate surface area is 194 Å². The fourth-order valence-electron chi connectivity index (χ4n) is 9.90. The van der Waals surface area contributed by atoms with E-state index in [0.29, 0.717) is 29.4 Å². The quantitative estimate of drug-likeness (QED) is 0.387. The first-order valence-corrected chi connectivity index (χ1v) is 13.8. The number of piperidine rings is 1. The van der Waals surface area contributed by atoms with E-state index in [1.54, 1.807) is 5.57 Å². The van der Waals surface area contributed by atoms with Crippen molar-refractivity contribution >= 4 is 0 Å². The molecular formula is C28H44N2O2. The molecule has 2 heterocycles. The number of hydrogen-bond donors (Lipinski definition) is 1. The second-order valence-corrected chi connectivity index (χ2v) is 13.2. The van der Waals surface area contributed by atoms with Crippen LogP contribution in [-0.2, 0) is 4.74 Å². The van der Waals surface area contributed by atoms with Crippen LogP contribution in [0.4, 0.5) is 0 Å². The van der Waals surface area contributed by atoms with Gasteiger partial charge in [0, 0.05) is 12.0 Å². The van der Waals surface area contributed by atoms with Gasteiger partial charge in [-0.1, -0.05) is 37.1 Å². The van der Waals surface area contributed by atoms with Crippen LogP contribution in [0.5, 0.6) is 0 Å². The maximum absolute atomic E-state index is 11.2. The van der Waals surface area contributed by atoms with E-state index in [9.17, 15) is 4.91 Å². The van der Waals surface area contributed by atoms with E-state index < -0.39 is 0 Å². The monoisotopic (exact) mass is 440 g/mol. The molecule has 11 atom stereocenters. The van der Waals surface area contributed by atoms with E-state index in [4.69, 9.17) is 4.74 Å². The Bertz CT molecular complexity index is 809. The predicted octanol–water partition coefficient (Wildman–Crippen LogP) is 6.25. The molecule has 4 aliphatic carbocycles. The maximum Gasteiger partial charge on any atom is 0.0922 e. The van der Waals surface area contributed by atoms with Gasteiger partial charge in [-0.2, -0.15) is 4.91 Å². The molecule has 0 aromatic heterocycles. The number of fused-ring (bicyclic) bond motifs is 6. The fraction of sp³-hybridized carbons (Fsp3) is 0.929. The zero-order chi connectivity index (χ0) is 22.3. The van der Waals surface area contributed by atoms with E-state index >= 15 is 0 Å². The third kappa shape index (κ3) is 3.07. The van der Waals surface area contributed by atoms with Crippen LogP contribution < -0.4 is 5.32 Å². The highest BCUT2D eigenvalue weighted by atomic mass is 16.5. The van der Waals surface area contributed by atoms with Crippen molar-refractivity contribution in [2.45, 2.75) is 116 Å². The number of nitroso groups, excluding NO2 is 1. The smallest absolute Gasteiger partial charge is 0.0922 e. The number of nitrogens with one attached hydrogen (secondary N) is 1. The molecule has 0 radical (unpaired) electrons. The molecule has 0 bridgehead atoms. The van der Waals surface area contributed by atoms with E-state index in [1.807, 2.05) is 5.57 Å². The molecule has 4 heteroatoms. The predicted molar refractivity (Wildman–Crippen MR) is 128 cm³/mol. The standard InChI is InChI=1S/C28H44N2O2/c1-16-11-25-26(29-15-16)18(3)28(32-25)10-8-21-22-6-5-19-12-20(30-31)7-9-27(19,4)24(22)13-23(21)17(2)14-28/h16,18-22,24-26,29H,5-15H2,1-4H3/t16-,18+,19+,20?,21-,22-,24-,25+,26-,27-,28-/m0/s1. The van der Waals surface area contributed by atoms with Gasteiger partial charge >= 0.3 is 0 Å². The van der Waals surface area contributed by atoms with E-state index in [-0.39, 0.29) is 11.6 Å². The van der Waals surface area contributed by atoms with Crippen LogP contribution in [0.2, 0.25) is 0 Å². The lowest BCUT2D eigenvalue weighted by molar-refractivity contribution is -0.0745. The molecule has 5 fully saturated rings. The number of hydrogen-bond acceptors (Lipinski definition) is 4. The Morgan fingerprint density at radius 3 is 2.75 bits per heavy atom. The summed E-state index contributed by atoms with van der Waals surface area (Å²) >= 11 is 0. The summed E-state index contributed by atoms with van der Waals surface area (Å²) in [6.07, 6.45) is 12.6. The molecule has 2 saturated heterocycles. The van der Waals surface area contributed by atoms with Crippen molar-refractivity contribution < 1.29 is 4.74 Å². The Kier molecular flexibility index (Phi) is 5.19. The van der Waals surface area contributed by atoms with Crippen molar-refractivity contribution in [1.82, 2.24) is 5.32 Å². The topological polar surface area (TPSA) is 50.7 Å². The lowest BCUT2D eigenvalue weighted by atomic mass is 9.52. The van der Waals surface area contributed by atoms with Crippen molar-refractivity contribution in [2.75, 3.05) is 6.54 Å². The van der Waals surface area contributed by atoms with Crippen molar-refractivity contribution in [3.8, 4) is 0 Å². The van der Waals surface area contributed by atoms with Gasteiger partial charge in [-0.25, -0.2) is 0 Å². The molecule has 2 aliphatic heterocycles. The number of rotatable bonds is 1. The zero-order valence-corrected chi connectivity index (χ0v) is 20.7. The van der Waals surface area contributed by atoms with Gasteiger partial charge in [0.2, 0.25) is 0 Å². The van der Waals surface area contributed by atoms with Gasteiger partial charge in [0.25, 0.3) is 0 Å². The van der Waals surface area contributed by atoms with E-state index in [0.717, 1.165) is 49.5 Å². The molecule has 0 amide bonds. The zero-order valence-electron chi connectivity index (χ0n) is 20.7. The summed E-state index contributed by atoms with van der Waals surface area (Å²) in [6, 6.07) is 0.629. The third-order valence-corrected chi connectivity index (χ3v) is 11.8. The normalized spacial score (nSPS) is 55.1. The van der Waals surface area contributed by atoms with Crippen molar-refractivity contribution in [2.24, 2.45) is 46.1 Å². The molecule has 1 N–H and O–H groups in total. The average molecular weight is 441 g/mol. The minimum atomic E-state index is 0.0537. The fourth-order valence-corrected chi connectivity index (χ4v) is 9.90. The van der Waals surface area contributed by atoms with Gasteiger partial charge in [-0.15, -0.1) is 0 Å². The molecule has 178 valence electrons. The summed E-state index contributed by atoms with van der Waals surface area (Å²) in [7, 11) is 0. The van der Waals surface area contributed by atoms with Gasteiger partial charge in [-0.3, -0.25) is 0 Å². The molecular weight excluding hydrogens is 396 g/mol. The average Bonchev–Trinajstić information content (AvgIpc) is 3.23. The SMILES string of the molecule is CC1=C2C[C@H]3[C@@H](CC[C@@H]4CC(N=O)CC[C@@]43C)[C@@H]2CC[C@@]2(C1)O[C@@H]1C[C@H](C)CN[C@H]1[C@H]2C. The number of allylic oxidation sites excluding steroid dienone is 1. The van der Waals surface area contributed by atoms with Crippen LogP contribution in [-0.4, -0.2) is 30.3 Å². The molecule has 6 rings (SSSR count). The van der Waals surface area contributed by atoms with Crippen molar-refractivity contribution in [3.05, 3.63) is 16.1 Å². The van der Waals surface area contributed by atoms with Crippen LogP contribution in [0.15, 0.2) is 16.3 Å². The Morgan fingerprint density at radius 2 is 1.94 bits per heavy atom. The molecule has 0 aromatic carbocycles. The van der Waals surface area contributed by atoms with Crippen LogP contribution in [0.1, 0.15) is 91.9 Å². The van der Waals surface area contributed by atoms with Crippen LogP contribution in [0, 0.1) is 45.8 Å². The van der Waals surface area contributed by atoms with Crippen molar-refractivity contribution in [3.63, 3.8) is 0 Å². The summed E-state index contributed by atoms with van der Waals surface area (Å²) in [5.41, 5.74) is 3.97. The Morgan fingerprint density at radius 1 is 1.09 bits per heavy atom. The molecule has 0 aromatic rings. The first-order chi connectivity index (χ1) is 15.3. The molecule has 6 aliphatic rings.